The standard InChI is InChI=1S/C40H38N2/c1-8-15-34-24-29(6)38(26-31(34)9-2)40(41-7)37(10-3)39(42-27-30-20-22-32(23-21-30)28(4)5)36-19-14-18-35(25-36)33-16-12-11-13-17-33/h8-26H,2-4,7,27H2,1,5-6H3/b15-8-,40-37-,42-39?. The predicted molar refractivity (Wildman–Crippen MR) is 186 cm³/mol. The normalized spacial score (nSPS) is 12.1. The topological polar surface area (TPSA) is 24.7 Å². The molecule has 0 heterocycles. The van der Waals surface area contributed by atoms with E-state index in [0.29, 0.717) is 6.54 Å². The Morgan fingerprint density at radius 3 is 2.14 bits per heavy atom. The summed E-state index contributed by atoms with van der Waals surface area (Å²) in [4.78, 5) is 9.77. The molecular formula is C40H38N2. The summed E-state index contributed by atoms with van der Waals surface area (Å²) < 4.78 is 0. The van der Waals surface area contributed by atoms with Crippen LogP contribution in [0.25, 0.3) is 34.5 Å². The highest BCUT2D eigenvalue weighted by atomic mass is 14.8. The number of aliphatic imine (C=N–C) groups is 2. The first-order chi connectivity index (χ1) is 20.4. The molecule has 0 fully saturated rings. The maximum atomic E-state index is 5.20. The summed E-state index contributed by atoms with van der Waals surface area (Å²) >= 11 is 0. The van der Waals surface area contributed by atoms with E-state index in [9.17, 15) is 0 Å². The van der Waals surface area contributed by atoms with Gasteiger partial charge in [-0.15, -0.1) is 0 Å². The summed E-state index contributed by atoms with van der Waals surface area (Å²) in [6, 6.07) is 31.5. The van der Waals surface area contributed by atoms with Crippen LogP contribution in [0.2, 0.25) is 0 Å². The zero-order chi connectivity index (χ0) is 30.1. The van der Waals surface area contributed by atoms with Gasteiger partial charge in [-0.3, -0.25) is 9.98 Å². The van der Waals surface area contributed by atoms with Gasteiger partial charge in [0.15, 0.2) is 0 Å². The fourth-order valence-electron chi connectivity index (χ4n) is 5.00. The molecule has 0 unspecified atom stereocenters. The van der Waals surface area contributed by atoms with Crippen LogP contribution < -0.4 is 0 Å². The van der Waals surface area contributed by atoms with Gasteiger partial charge >= 0.3 is 0 Å². The molecule has 0 atom stereocenters. The summed E-state index contributed by atoms with van der Waals surface area (Å²) in [5, 5.41) is 0. The molecule has 0 radical (unpaired) electrons. The molecule has 0 saturated carbocycles. The third-order valence-electron chi connectivity index (χ3n) is 7.23. The Morgan fingerprint density at radius 2 is 1.52 bits per heavy atom. The fourth-order valence-corrected chi connectivity index (χ4v) is 5.00. The second-order valence-electron chi connectivity index (χ2n) is 10.2. The number of hydrogen-bond acceptors (Lipinski definition) is 2. The maximum Gasteiger partial charge on any atom is 0.0791 e. The van der Waals surface area contributed by atoms with Crippen molar-refractivity contribution in [3.63, 3.8) is 0 Å². The van der Waals surface area contributed by atoms with E-state index in [1.165, 1.54) is 0 Å². The average molecular weight is 547 g/mol. The molecule has 2 nitrogen and oxygen atoms in total. The van der Waals surface area contributed by atoms with E-state index < -0.39 is 0 Å². The summed E-state index contributed by atoms with van der Waals surface area (Å²) in [6.07, 6.45) is 7.84. The number of allylic oxidation sites excluding steroid dienone is 4. The molecule has 0 aliphatic rings. The van der Waals surface area contributed by atoms with Gasteiger partial charge < -0.3 is 0 Å². The second-order valence-corrected chi connectivity index (χ2v) is 10.2. The first-order valence-electron chi connectivity index (χ1n) is 14.1. The minimum absolute atomic E-state index is 0.500. The quantitative estimate of drug-likeness (QED) is 0.132. The summed E-state index contributed by atoms with van der Waals surface area (Å²) in [5.41, 5.74) is 13.1. The van der Waals surface area contributed by atoms with Crippen LogP contribution in [0.15, 0.2) is 138 Å². The fraction of sp³-hybridized carbons (Fsp3) is 0.100. The molecule has 0 aliphatic heterocycles. The van der Waals surface area contributed by atoms with E-state index in [-0.39, 0.29) is 0 Å². The maximum absolute atomic E-state index is 5.20. The van der Waals surface area contributed by atoms with Crippen LogP contribution in [0.5, 0.6) is 0 Å². The van der Waals surface area contributed by atoms with Crippen molar-refractivity contribution in [3.8, 4) is 11.1 Å². The van der Waals surface area contributed by atoms with Crippen LogP contribution in [0.1, 0.15) is 52.8 Å². The Bertz CT molecular complexity index is 1710. The van der Waals surface area contributed by atoms with Crippen molar-refractivity contribution in [1.29, 1.82) is 0 Å². The molecule has 0 amide bonds. The third kappa shape index (κ3) is 6.79. The van der Waals surface area contributed by atoms with Crippen molar-refractivity contribution < 1.29 is 0 Å². The van der Waals surface area contributed by atoms with Gasteiger partial charge in [0.1, 0.15) is 0 Å². The second kappa shape index (κ2) is 14.0. The Labute approximate surface area is 251 Å². The van der Waals surface area contributed by atoms with Gasteiger partial charge in [-0.05, 0) is 78.6 Å². The van der Waals surface area contributed by atoms with Gasteiger partial charge in [-0.25, -0.2) is 0 Å². The van der Waals surface area contributed by atoms with Crippen LogP contribution in [0.3, 0.4) is 0 Å². The minimum atomic E-state index is 0.500. The van der Waals surface area contributed by atoms with E-state index in [1.807, 2.05) is 38.1 Å². The van der Waals surface area contributed by atoms with E-state index in [2.05, 4.69) is 129 Å². The van der Waals surface area contributed by atoms with Crippen LogP contribution in [0.4, 0.5) is 0 Å². The first kappa shape index (κ1) is 29.9. The Balaban J connectivity index is 1.93. The summed E-state index contributed by atoms with van der Waals surface area (Å²) in [7, 11) is 0. The molecule has 0 bridgehead atoms. The van der Waals surface area contributed by atoms with Crippen molar-refractivity contribution in [2.45, 2.75) is 27.3 Å². The third-order valence-corrected chi connectivity index (χ3v) is 7.23. The summed E-state index contributed by atoms with van der Waals surface area (Å²) in [5.74, 6) is 0. The van der Waals surface area contributed by atoms with Crippen LogP contribution in [-0.2, 0) is 6.54 Å². The molecule has 0 aliphatic carbocycles. The number of nitrogens with zero attached hydrogens (tertiary/aromatic N) is 2. The van der Waals surface area contributed by atoms with Gasteiger partial charge in [0, 0.05) is 16.7 Å². The van der Waals surface area contributed by atoms with Gasteiger partial charge in [-0.1, -0.05) is 128 Å². The highest BCUT2D eigenvalue weighted by molar-refractivity contribution is 6.19. The monoisotopic (exact) mass is 546 g/mol. The number of rotatable bonds is 11. The number of benzene rings is 4. The lowest BCUT2D eigenvalue weighted by molar-refractivity contribution is 1.07. The van der Waals surface area contributed by atoms with Crippen molar-refractivity contribution in [2.24, 2.45) is 9.98 Å². The zero-order valence-corrected chi connectivity index (χ0v) is 24.9. The largest absolute Gasteiger partial charge is 0.279 e. The molecule has 4 rings (SSSR count). The smallest absolute Gasteiger partial charge is 0.0791 e. The van der Waals surface area contributed by atoms with E-state index in [4.69, 9.17) is 4.99 Å². The Hall–Kier alpha value is -5.08. The molecule has 0 saturated heterocycles. The van der Waals surface area contributed by atoms with Gasteiger partial charge in [-0.2, -0.15) is 0 Å². The van der Waals surface area contributed by atoms with Crippen LogP contribution >= 0.6 is 0 Å². The van der Waals surface area contributed by atoms with Crippen molar-refractivity contribution in [3.05, 3.63) is 167 Å². The summed E-state index contributed by atoms with van der Waals surface area (Å²) in [6.45, 7) is 22.9. The van der Waals surface area contributed by atoms with Crippen molar-refractivity contribution in [2.75, 3.05) is 0 Å². The van der Waals surface area contributed by atoms with Crippen molar-refractivity contribution >= 4 is 35.9 Å². The lowest BCUT2D eigenvalue weighted by Gasteiger charge is -2.17. The molecule has 42 heavy (non-hydrogen) atoms. The predicted octanol–water partition coefficient (Wildman–Crippen LogP) is 10.7. The van der Waals surface area contributed by atoms with Gasteiger partial charge in [0.05, 0.1) is 18.0 Å². The van der Waals surface area contributed by atoms with E-state index >= 15 is 0 Å². The van der Waals surface area contributed by atoms with E-state index in [1.54, 1.807) is 0 Å². The minimum Gasteiger partial charge on any atom is -0.279 e. The molecule has 2 heteroatoms. The van der Waals surface area contributed by atoms with Crippen LogP contribution in [0, 0.1) is 6.92 Å². The SMILES string of the molecule is C=C/C(C(=NCc1ccc(C(=C)C)cc1)c1cccc(-c2ccccc2)c1)=C(/N=C)c1cc(C=C)c(/C=C\C)cc1C. The van der Waals surface area contributed by atoms with Gasteiger partial charge in [0.25, 0.3) is 0 Å². The van der Waals surface area contributed by atoms with Crippen LogP contribution in [-0.4, -0.2) is 12.4 Å². The van der Waals surface area contributed by atoms with Crippen molar-refractivity contribution in [1.82, 2.24) is 0 Å². The highest BCUT2D eigenvalue weighted by Crippen LogP contribution is 2.31. The number of aryl methyl sites for hydroxylation is 1. The zero-order valence-electron chi connectivity index (χ0n) is 24.9. The Morgan fingerprint density at radius 1 is 0.810 bits per heavy atom. The molecule has 4 aromatic rings. The molecule has 0 N–H and O–H groups in total. The lowest BCUT2D eigenvalue weighted by atomic mass is 9.91. The lowest BCUT2D eigenvalue weighted by Crippen LogP contribution is -2.08. The van der Waals surface area contributed by atoms with E-state index in [0.717, 1.165) is 72.6 Å². The Kier molecular flexibility index (Phi) is 9.97. The first-order valence-corrected chi connectivity index (χ1v) is 14.1. The number of hydrogen-bond donors (Lipinski definition) is 0. The molecular weight excluding hydrogens is 508 g/mol. The molecule has 0 spiro atoms. The average Bonchev–Trinajstić information content (AvgIpc) is 3.02. The highest BCUT2D eigenvalue weighted by Gasteiger charge is 2.17. The molecule has 4 aromatic carbocycles. The molecule has 0 aromatic heterocycles. The van der Waals surface area contributed by atoms with Gasteiger partial charge in [0.2, 0.25) is 0 Å². The molecule has 208 valence electrons.